The van der Waals surface area contributed by atoms with E-state index in [0.717, 1.165) is 28.8 Å². The monoisotopic (exact) mass is 435 g/mol. The van der Waals surface area contributed by atoms with Crippen molar-refractivity contribution in [1.29, 1.82) is 0 Å². The zero-order chi connectivity index (χ0) is 22.7. The number of nitrogens with one attached hydrogen (secondary N) is 1. The molecule has 1 saturated carbocycles. The summed E-state index contributed by atoms with van der Waals surface area (Å²) in [5.41, 5.74) is 3.46. The van der Waals surface area contributed by atoms with Crippen LogP contribution in [-0.2, 0) is 27.2 Å². The average molecular weight is 436 g/mol. The molecule has 2 unspecified atom stereocenters. The smallest absolute Gasteiger partial charge is 0.313 e. The van der Waals surface area contributed by atoms with Gasteiger partial charge in [0.1, 0.15) is 0 Å². The summed E-state index contributed by atoms with van der Waals surface area (Å²) in [6.45, 7) is 4.59. The van der Waals surface area contributed by atoms with Gasteiger partial charge in [0.25, 0.3) is 0 Å². The van der Waals surface area contributed by atoms with E-state index in [1.807, 2.05) is 42.5 Å². The number of carbonyl (C=O) groups excluding carboxylic acids is 2. The van der Waals surface area contributed by atoms with Crippen molar-refractivity contribution in [2.24, 2.45) is 11.3 Å². The number of amides is 1. The summed E-state index contributed by atoms with van der Waals surface area (Å²) in [4.78, 5) is 24.9. The van der Waals surface area contributed by atoms with Crippen molar-refractivity contribution in [1.82, 2.24) is 0 Å². The molecule has 0 bridgehead atoms. The van der Waals surface area contributed by atoms with E-state index in [9.17, 15) is 9.59 Å². The highest BCUT2D eigenvalue weighted by Gasteiger charge is 2.55. The van der Waals surface area contributed by atoms with Crippen LogP contribution in [0.1, 0.15) is 30.4 Å². The number of ether oxygens (including phenoxy) is 3. The Labute approximate surface area is 188 Å². The van der Waals surface area contributed by atoms with Crippen LogP contribution in [0.15, 0.2) is 54.6 Å². The van der Waals surface area contributed by atoms with Gasteiger partial charge in [-0.1, -0.05) is 30.4 Å². The molecule has 6 nitrogen and oxygen atoms in total. The molecule has 1 heterocycles. The van der Waals surface area contributed by atoms with Gasteiger partial charge in [0.2, 0.25) is 5.91 Å². The van der Waals surface area contributed by atoms with Gasteiger partial charge in [0.05, 0.1) is 26.2 Å². The molecule has 2 aromatic rings. The molecule has 0 radical (unpaired) electrons. The lowest BCUT2D eigenvalue weighted by Crippen LogP contribution is -2.31. The predicted octanol–water partition coefficient (Wildman–Crippen LogP) is 4.33. The second-order valence-electron chi connectivity index (χ2n) is 8.69. The summed E-state index contributed by atoms with van der Waals surface area (Å²) in [5.74, 6) is 1.38. The minimum atomic E-state index is -0.471. The van der Waals surface area contributed by atoms with E-state index in [1.54, 1.807) is 14.2 Å². The van der Waals surface area contributed by atoms with Gasteiger partial charge in [-0.05, 0) is 61.1 Å². The third-order valence-corrected chi connectivity index (χ3v) is 6.55. The molecule has 6 heteroatoms. The van der Waals surface area contributed by atoms with Crippen molar-refractivity contribution in [3.8, 4) is 11.5 Å². The largest absolute Gasteiger partial charge is 0.493 e. The fourth-order valence-corrected chi connectivity index (χ4v) is 4.85. The number of cyclic esters (lactones) is 1. The van der Waals surface area contributed by atoms with Crippen LogP contribution in [0.5, 0.6) is 11.5 Å². The van der Waals surface area contributed by atoms with E-state index in [4.69, 9.17) is 14.2 Å². The standard InChI is InChI=1S/C26H29NO5/c1-17-12-20-16-32-25(29)26(20,14-17)15-19-4-8-21(9-5-19)27-24(28)11-7-18-6-10-22(30-2)23(13-18)31-3/h4-6,8-10,13,20H,1,7,11-12,14-16H2,2-3H3,(H,27,28). The Bertz CT molecular complexity index is 1030. The second kappa shape index (κ2) is 9.07. The van der Waals surface area contributed by atoms with E-state index in [0.29, 0.717) is 43.8 Å². The van der Waals surface area contributed by atoms with Gasteiger partial charge >= 0.3 is 5.97 Å². The van der Waals surface area contributed by atoms with Crippen molar-refractivity contribution in [3.63, 3.8) is 0 Å². The Hall–Kier alpha value is -3.28. The van der Waals surface area contributed by atoms with Crippen LogP contribution in [0.2, 0.25) is 0 Å². The van der Waals surface area contributed by atoms with Crippen LogP contribution in [0.3, 0.4) is 0 Å². The first-order valence-electron chi connectivity index (χ1n) is 10.9. The molecule has 1 saturated heterocycles. The highest BCUT2D eigenvalue weighted by molar-refractivity contribution is 5.90. The molecular weight excluding hydrogens is 406 g/mol. The molecule has 1 amide bonds. The molecule has 1 N–H and O–H groups in total. The van der Waals surface area contributed by atoms with Crippen LogP contribution in [0.25, 0.3) is 0 Å². The molecule has 1 aliphatic carbocycles. The maximum absolute atomic E-state index is 12.5. The molecule has 168 valence electrons. The number of esters is 1. The summed E-state index contributed by atoms with van der Waals surface area (Å²) >= 11 is 0. The van der Waals surface area contributed by atoms with E-state index in [1.165, 1.54) is 0 Å². The Balaban J connectivity index is 1.33. The van der Waals surface area contributed by atoms with Crippen molar-refractivity contribution in [2.75, 3.05) is 26.1 Å². The highest BCUT2D eigenvalue weighted by Crippen LogP contribution is 2.52. The summed E-state index contributed by atoms with van der Waals surface area (Å²) < 4.78 is 15.9. The Morgan fingerprint density at radius 1 is 1.12 bits per heavy atom. The van der Waals surface area contributed by atoms with Gasteiger partial charge in [-0.3, -0.25) is 9.59 Å². The topological polar surface area (TPSA) is 73.9 Å². The number of allylic oxidation sites excluding steroid dienone is 1. The number of carbonyl (C=O) groups is 2. The number of hydrogen-bond acceptors (Lipinski definition) is 5. The molecule has 2 fully saturated rings. The second-order valence-corrected chi connectivity index (χ2v) is 8.69. The van der Waals surface area contributed by atoms with E-state index in [2.05, 4.69) is 11.9 Å². The average Bonchev–Trinajstić information content (AvgIpc) is 3.26. The molecule has 0 aromatic heterocycles. The summed E-state index contributed by atoms with van der Waals surface area (Å²) in [6.07, 6.45) is 3.16. The maximum Gasteiger partial charge on any atom is 0.313 e. The van der Waals surface area contributed by atoms with Crippen LogP contribution in [0, 0.1) is 11.3 Å². The van der Waals surface area contributed by atoms with Crippen LogP contribution >= 0.6 is 0 Å². The lowest BCUT2D eigenvalue weighted by atomic mass is 9.75. The van der Waals surface area contributed by atoms with Gasteiger partial charge in [-0.25, -0.2) is 0 Å². The maximum atomic E-state index is 12.5. The van der Waals surface area contributed by atoms with Crippen LogP contribution in [0.4, 0.5) is 5.69 Å². The SMILES string of the molecule is C=C1CC2COC(=O)C2(Cc2ccc(NC(=O)CCc3ccc(OC)c(OC)c3)cc2)C1. The molecule has 0 spiro atoms. The van der Waals surface area contributed by atoms with E-state index in [-0.39, 0.29) is 17.8 Å². The zero-order valence-electron chi connectivity index (χ0n) is 18.6. The first-order chi connectivity index (χ1) is 15.4. The van der Waals surface area contributed by atoms with Crippen molar-refractivity contribution < 1.29 is 23.8 Å². The lowest BCUT2D eigenvalue weighted by molar-refractivity contribution is -0.146. The van der Waals surface area contributed by atoms with Gasteiger partial charge in [-0.15, -0.1) is 0 Å². The number of benzene rings is 2. The molecule has 2 aliphatic rings. The van der Waals surface area contributed by atoms with Crippen molar-refractivity contribution in [3.05, 3.63) is 65.7 Å². The third kappa shape index (κ3) is 4.35. The molecular formula is C26H29NO5. The number of fused-ring (bicyclic) bond motifs is 1. The molecule has 1 aliphatic heterocycles. The zero-order valence-corrected chi connectivity index (χ0v) is 18.6. The normalized spacial score (nSPS) is 21.8. The third-order valence-electron chi connectivity index (χ3n) is 6.55. The number of hydrogen-bond donors (Lipinski definition) is 1. The first kappa shape index (κ1) is 21.9. The van der Waals surface area contributed by atoms with Crippen LogP contribution in [-0.4, -0.2) is 32.7 Å². The lowest BCUT2D eigenvalue weighted by Gasteiger charge is -2.24. The van der Waals surface area contributed by atoms with Gasteiger partial charge in [0.15, 0.2) is 11.5 Å². The Morgan fingerprint density at radius 2 is 1.84 bits per heavy atom. The van der Waals surface area contributed by atoms with E-state index < -0.39 is 5.41 Å². The van der Waals surface area contributed by atoms with Gasteiger partial charge < -0.3 is 19.5 Å². The Morgan fingerprint density at radius 3 is 2.56 bits per heavy atom. The number of anilines is 1. The van der Waals surface area contributed by atoms with Gasteiger partial charge in [0, 0.05) is 18.0 Å². The van der Waals surface area contributed by atoms with Crippen molar-refractivity contribution >= 4 is 17.6 Å². The quantitative estimate of drug-likeness (QED) is 0.494. The van der Waals surface area contributed by atoms with E-state index >= 15 is 0 Å². The molecule has 32 heavy (non-hydrogen) atoms. The molecule has 4 rings (SSSR count). The predicted molar refractivity (Wildman–Crippen MR) is 122 cm³/mol. The number of rotatable bonds is 8. The summed E-state index contributed by atoms with van der Waals surface area (Å²) in [6, 6.07) is 13.4. The Kier molecular flexibility index (Phi) is 6.21. The number of methoxy groups -OCH3 is 2. The van der Waals surface area contributed by atoms with Gasteiger partial charge in [-0.2, -0.15) is 0 Å². The minimum absolute atomic E-state index is 0.0577. The van der Waals surface area contributed by atoms with Crippen LogP contribution < -0.4 is 14.8 Å². The van der Waals surface area contributed by atoms with Crippen molar-refractivity contribution in [2.45, 2.75) is 32.1 Å². The minimum Gasteiger partial charge on any atom is -0.493 e. The fraction of sp³-hybridized carbons (Fsp3) is 0.385. The fourth-order valence-electron chi connectivity index (χ4n) is 4.85. The summed E-state index contributed by atoms with van der Waals surface area (Å²) in [7, 11) is 3.19. The first-order valence-corrected chi connectivity index (χ1v) is 10.9. The summed E-state index contributed by atoms with van der Waals surface area (Å²) in [5, 5.41) is 2.94. The molecule has 2 atom stereocenters. The number of aryl methyl sites for hydroxylation is 1. The molecule has 2 aromatic carbocycles. The highest BCUT2D eigenvalue weighted by atomic mass is 16.5.